The summed E-state index contributed by atoms with van der Waals surface area (Å²) in [4.78, 5) is 0. The van der Waals surface area contributed by atoms with E-state index in [1.807, 2.05) is 72.8 Å². The first kappa shape index (κ1) is 17.6. The number of fused-ring (bicyclic) bond motifs is 1. The third kappa shape index (κ3) is 3.98. The summed E-state index contributed by atoms with van der Waals surface area (Å²) < 4.78 is 13.2. The third-order valence-electron chi connectivity index (χ3n) is 4.08. The van der Waals surface area contributed by atoms with Crippen molar-refractivity contribution in [3.63, 3.8) is 0 Å². The fraction of sp³-hybridized carbons (Fsp3) is 0.0476. The average Bonchev–Trinajstić information content (AvgIpc) is 3.06. The largest absolute Gasteiger partial charge is 0.503 e. The van der Waals surface area contributed by atoms with E-state index in [2.05, 4.69) is 0 Å². The highest BCUT2D eigenvalue weighted by Gasteiger charge is 2.23. The Labute approximate surface area is 161 Å². The minimum absolute atomic E-state index is 0.381. The van der Waals surface area contributed by atoms with E-state index in [0.29, 0.717) is 28.6 Å². The zero-order valence-electron chi connectivity index (χ0n) is 14.4. The fourth-order valence-corrected chi connectivity index (χ4v) is 3.81. The lowest BCUT2D eigenvalue weighted by Crippen LogP contribution is -2.27. The van der Waals surface area contributed by atoms with Crippen LogP contribution in [0.3, 0.4) is 0 Å². The molecular weight excluding hydrogens is 359 g/mol. The monoisotopic (exact) mass is 376 g/mol. The molecule has 134 valence electrons. The molecule has 1 aromatic heterocycles. The highest BCUT2D eigenvalue weighted by Crippen LogP contribution is 2.34. The van der Waals surface area contributed by atoms with Crippen molar-refractivity contribution in [2.24, 2.45) is 0 Å². The summed E-state index contributed by atoms with van der Waals surface area (Å²) in [5, 5.41) is 20.3. The Hall–Kier alpha value is -2.80. The molecular formula is C21H17BO4S. The Morgan fingerprint density at radius 1 is 0.815 bits per heavy atom. The van der Waals surface area contributed by atoms with Crippen LogP contribution in [0.25, 0.3) is 10.1 Å². The Morgan fingerprint density at radius 2 is 1.56 bits per heavy atom. The molecule has 0 aliphatic heterocycles. The summed E-state index contributed by atoms with van der Waals surface area (Å²) in [7, 11) is -1.59. The molecule has 0 unspecified atom stereocenters. The Kier molecular flexibility index (Phi) is 5.11. The summed E-state index contributed by atoms with van der Waals surface area (Å²) in [6, 6.07) is 24.9. The fourth-order valence-electron chi connectivity index (χ4n) is 2.80. The van der Waals surface area contributed by atoms with Gasteiger partial charge in [-0.1, -0.05) is 48.5 Å². The van der Waals surface area contributed by atoms with E-state index in [-0.39, 0.29) is 0 Å². The normalized spacial score (nSPS) is 10.7. The van der Waals surface area contributed by atoms with Crippen LogP contribution in [-0.4, -0.2) is 17.2 Å². The van der Waals surface area contributed by atoms with Gasteiger partial charge in [-0.2, -0.15) is 0 Å². The van der Waals surface area contributed by atoms with E-state index in [0.717, 1.165) is 15.6 Å². The van der Waals surface area contributed by atoms with Gasteiger partial charge < -0.3 is 19.5 Å². The second-order valence-corrected chi connectivity index (χ2v) is 7.10. The number of hydrogen-bond acceptors (Lipinski definition) is 5. The standard InChI is InChI=1S/C21H17BO4S/c23-22(24)21-20(18-11-4-5-12-19(18)27-21)26-17-10-6-9-16(13-17)25-14-15-7-2-1-3-8-15/h1-13,23-24H,14H2. The highest BCUT2D eigenvalue weighted by molar-refractivity contribution is 7.28. The van der Waals surface area contributed by atoms with Crippen LogP contribution in [-0.2, 0) is 6.61 Å². The number of hydrogen-bond donors (Lipinski definition) is 2. The van der Waals surface area contributed by atoms with Gasteiger partial charge >= 0.3 is 7.12 Å². The number of benzene rings is 3. The molecule has 0 aliphatic rings. The van der Waals surface area contributed by atoms with Crippen LogP contribution in [0.4, 0.5) is 0 Å². The van der Waals surface area contributed by atoms with Gasteiger partial charge in [-0.15, -0.1) is 11.3 Å². The van der Waals surface area contributed by atoms with Crippen molar-refractivity contribution in [2.45, 2.75) is 6.61 Å². The lowest BCUT2D eigenvalue weighted by molar-refractivity contribution is 0.305. The zero-order valence-corrected chi connectivity index (χ0v) is 15.2. The Morgan fingerprint density at radius 3 is 2.37 bits per heavy atom. The molecule has 4 rings (SSSR count). The quantitative estimate of drug-likeness (QED) is 0.501. The smallest absolute Gasteiger partial charge is 0.489 e. The highest BCUT2D eigenvalue weighted by atomic mass is 32.1. The summed E-state index contributed by atoms with van der Waals surface area (Å²) in [6.07, 6.45) is 0. The molecule has 0 amide bonds. The van der Waals surface area contributed by atoms with E-state index in [1.54, 1.807) is 6.07 Å². The maximum atomic E-state index is 9.71. The zero-order chi connectivity index (χ0) is 18.6. The van der Waals surface area contributed by atoms with Gasteiger partial charge in [0, 0.05) is 16.2 Å². The first-order valence-corrected chi connectivity index (χ1v) is 9.34. The molecule has 0 atom stereocenters. The van der Waals surface area contributed by atoms with E-state index in [9.17, 15) is 10.0 Å². The van der Waals surface area contributed by atoms with Gasteiger partial charge in [-0.25, -0.2) is 0 Å². The molecule has 0 fully saturated rings. The molecule has 4 aromatic rings. The van der Waals surface area contributed by atoms with E-state index in [1.165, 1.54) is 11.3 Å². The van der Waals surface area contributed by atoms with Crippen molar-refractivity contribution < 1.29 is 19.5 Å². The summed E-state index contributed by atoms with van der Waals surface area (Å²) in [5.41, 5.74) is 1.08. The van der Waals surface area contributed by atoms with Gasteiger partial charge in [0.25, 0.3) is 0 Å². The first-order valence-electron chi connectivity index (χ1n) is 8.53. The number of rotatable bonds is 6. The molecule has 2 N–H and O–H groups in total. The molecule has 0 saturated carbocycles. The van der Waals surface area contributed by atoms with Crippen molar-refractivity contribution >= 4 is 33.3 Å². The maximum absolute atomic E-state index is 9.71. The Bertz CT molecular complexity index is 1050. The van der Waals surface area contributed by atoms with Crippen LogP contribution in [0.2, 0.25) is 0 Å². The lowest BCUT2D eigenvalue weighted by atomic mass is 9.88. The molecule has 3 aromatic carbocycles. The van der Waals surface area contributed by atoms with Crippen molar-refractivity contribution in [1.82, 2.24) is 0 Å². The van der Waals surface area contributed by atoms with Gasteiger partial charge in [-0.3, -0.25) is 0 Å². The molecule has 0 saturated heterocycles. The van der Waals surface area contributed by atoms with Crippen LogP contribution >= 0.6 is 11.3 Å². The molecule has 6 heteroatoms. The summed E-state index contributed by atoms with van der Waals surface area (Å²) in [5.74, 6) is 1.72. The van der Waals surface area contributed by atoms with E-state index in [4.69, 9.17) is 9.47 Å². The Balaban J connectivity index is 1.58. The van der Waals surface area contributed by atoms with Gasteiger partial charge in [0.2, 0.25) is 0 Å². The van der Waals surface area contributed by atoms with Crippen molar-refractivity contribution in [3.05, 3.63) is 84.4 Å². The average molecular weight is 376 g/mol. The van der Waals surface area contributed by atoms with E-state index >= 15 is 0 Å². The van der Waals surface area contributed by atoms with Gasteiger partial charge in [0.15, 0.2) is 0 Å². The van der Waals surface area contributed by atoms with Crippen molar-refractivity contribution in [2.75, 3.05) is 0 Å². The number of ether oxygens (including phenoxy) is 2. The van der Waals surface area contributed by atoms with Crippen LogP contribution in [0.5, 0.6) is 17.2 Å². The maximum Gasteiger partial charge on any atom is 0.503 e. The summed E-state index contributed by atoms with van der Waals surface area (Å²) in [6.45, 7) is 0.465. The molecule has 1 heterocycles. The van der Waals surface area contributed by atoms with Crippen LogP contribution in [0.15, 0.2) is 78.9 Å². The predicted molar refractivity (Wildman–Crippen MR) is 109 cm³/mol. The van der Waals surface area contributed by atoms with E-state index < -0.39 is 7.12 Å². The predicted octanol–water partition coefficient (Wildman–Crippen LogP) is 3.95. The van der Waals surface area contributed by atoms with Gasteiger partial charge in [0.1, 0.15) is 23.9 Å². The minimum Gasteiger partial charge on any atom is -0.489 e. The molecule has 0 spiro atoms. The van der Waals surface area contributed by atoms with Gasteiger partial charge in [0.05, 0.1) is 4.78 Å². The van der Waals surface area contributed by atoms with Crippen LogP contribution in [0.1, 0.15) is 5.56 Å². The van der Waals surface area contributed by atoms with Gasteiger partial charge in [-0.05, 0) is 29.8 Å². The molecule has 0 bridgehead atoms. The summed E-state index contributed by atoms with van der Waals surface area (Å²) >= 11 is 1.31. The van der Waals surface area contributed by atoms with Crippen LogP contribution < -0.4 is 14.3 Å². The minimum atomic E-state index is -1.59. The van der Waals surface area contributed by atoms with Crippen LogP contribution in [0, 0.1) is 0 Å². The van der Waals surface area contributed by atoms with Crippen molar-refractivity contribution in [3.8, 4) is 17.2 Å². The molecule has 0 radical (unpaired) electrons. The molecule has 27 heavy (non-hydrogen) atoms. The SMILES string of the molecule is OB(O)c1sc2ccccc2c1Oc1cccc(OCc2ccccc2)c1. The molecule has 0 aliphatic carbocycles. The second-order valence-electron chi connectivity index (χ2n) is 6.02. The van der Waals surface area contributed by atoms with Crippen molar-refractivity contribution in [1.29, 1.82) is 0 Å². The second kappa shape index (κ2) is 7.84. The lowest BCUT2D eigenvalue weighted by Gasteiger charge is -2.10. The third-order valence-corrected chi connectivity index (χ3v) is 5.28. The molecule has 4 nitrogen and oxygen atoms in total. The first-order chi connectivity index (χ1) is 13.2. The topological polar surface area (TPSA) is 58.9 Å². The number of thiophene rings is 1.